The summed E-state index contributed by atoms with van der Waals surface area (Å²) >= 11 is 3.28. The van der Waals surface area contributed by atoms with Crippen molar-refractivity contribution in [3.8, 4) is 17.3 Å². The molecular formula is C9H8BrN3O. The average molecular weight is 254 g/mol. The van der Waals surface area contributed by atoms with E-state index < -0.39 is 0 Å². The van der Waals surface area contributed by atoms with Crippen LogP contribution in [0.2, 0.25) is 0 Å². The number of halogens is 1. The molecule has 0 aliphatic rings. The Morgan fingerprint density at radius 3 is 2.93 bits per heavy atom. The van der Waals surface area contributed by atoms with Crippen LogP contribution < -0.4 is 4.74 Å². The minimum atomic E-state index is 0.550. The number of H-pyrrole nitrogens is 1. The molecule has 0 fully saturated rings. The van der Waals surface area contributed by atoms with Crippen molar-refractivity contribution < 1.29 is 4.74 Å². The smallest absolute Gasteiger partial charge is 0.225 e. The Kier molecular flexibility index (Phi) is 2.49. The summed E-state index contributed by atoms with van der Waals surface area (Å²) in [5, 5.41) is 0. The minimum Gasteiger partial charge on any atom is -0.480 e. The van der Waals surface area contributed by atoms with Gasteiger partial charge in [-0.3, -0.25) is 0 Å². The Balaban J connectivity index is 2.53. The van der Waals surface area contributed by atoms with E-state index in [0.717, 1.165) is 16.0 Å². The van der Waals surface area contributed by atoms with E-state index in [1.165, 1.54) is 0 Å². The van der Waals surface area contributed by atoms with Crippen LogP contribution in [0.4, 0.5) is 0 Å². The van der Waals surface area contributed by atoms with Crippen LogP contribution >= 0.6 is 15.9 Å². The van der Waals surface area contributed by atoms with E-state index >= 15 is 0 Å². The van der Waals surface area contributed by atoms with E-state index in [0.29, 0.717) is 5.88 Å². The number of ether oxygens (including phenoxy) is 1. The fraction of sp³-hybridized carbons (Fsp3) is 0.111. The Morgan fingerprint density at radius 1 is 1.43 bits per heavy atom. The molecule has 0 atom stereocenters. The lowest BCUT2D eigenvalue weighted by atomic mass is 10.2. The molecule has 14 heavy (non-hydrogen) atoms. The lowest BCUT2D eigenvalue weighted by Crippen LogP contribution is -1.92. The normalized spacial score (nSPS) is 10.1. The number of imidazole rings is 1. The van der Waals surface area contributed by atoms with Crippen LogP contribution in [0.1, 0.15) is 0 Å². The number of aromatic nitrogens is 3. The van der Waals surface area contributed by atoms with Gasteiger partial charge in [0.25, 0.3) is 0 Å². The minimum absolute atomic E-state index is 0.550. The standard InChI is InChI=1S/C9H8BrN3O/c1-14-9-6(2-3-7(10)13-9)8-11-4-5-12-8/h2-5H,1H3,(H,11,12). The summed E-state index contributed by atoms with van der Waals surface area (Å²) in [5.74, 6) is 1.30. The summed E-state index contributed by atoms with van der Waals surface area (Å²) < 4.78 is 5.89. The number of nitrogens with one attached hydrogen (secondary N) is 1. The molecule has 0 aromatic carbocycles. The molecule has 2 heterocycles. The fourth-order valence-corrected chi connectivity index (χ4v) is 1.46. The van der Waals surface area contributed by atoms with E-state index in [1.807, 2.05) is 12.1 Å². The second kappa shape index (κ2) is 3.79. The molecule has 2 rings (SSSR count). The SMILES string of the molecule is COc1nc(Br)ccc1-c1ncc[nH]1. The van der Waals surface area contributed by atoms with Gasteiger partial charge < -0.3 is 9.72 Å². The highest BCUT2D eigenvalue weighted by molar-refractivity contribution is 9.10. The zero-order valence-electron chi connectivity index (χ0n) is 7.49. The topological polar surface area (TPSA) is 50.8 Å². The van der Waals surface area contributed by atoms with Crippen molar-refractivity contribution in [1.29, 1.82) is 0 Å². The lowest BCUT2D eigenvalue weighted by Gasteiger charge is -2.04. The summed E-state index contributed by atoms with van der Waals surface area (Å²) in [6.07, 6.45) is 3.45. The van der Waals surface area contributed by atoms with Gasteiger partial charge in [0.2, 0.25) is 5.88 Å². The second-order valence-corrected chi connectivity index (χ2v) is 3.44. The lowest BCUT2D eigenvalue weighted by molar-refractivity contribution is 0.398. The Morgan fingerprint density at radius 2 is 2.29 bits per heavy atom. The van der Waals surface area contributed by atoms with Crippen LogP contribution in [0.25, 0.3) is 11.4 Å². The molecule has 0 saturated carbocycles. The van der Waals surface area contributed by atoms with Crippen molar-refractivity contribution >= 4 is 15.9 Å². The molecule has 0 aliphatic carbocycles. The number of nitrogens with zero attached hydrogens (tertiary/aromatic N) is 2. The van der Waals surface area contributed by atoms with E-state index in [1.54, 1.807) is 19.5 Å². The summed E-state index contributed by atoms with van der Waals surface area (Å²) in [6, 6.07) is 3.75. The molecule has 2 aromatic heterocycles. The van der Waals surface area contributed by atoms with Crippen LogP contribution in [0, 0.1) is 0 Å². The first kappa shape index (κ1) is 9.21. The zero-order valence-corrected chi connectivity index (χ0v) is 9.08. The molecule has 0 aliphatic heterocycles. The quantitative estimate of drug-likeness (QED) is 0.836. The Hall–Kier alpha value is -1.36. The van der Waals surface area contributed by atoms with Gasteiger partial charge in [-0.1, -0.05) is 0 Å². The van der Waals surface area contributed by atoms with Gasteiger partial charge in [-0.15, -0.1) is 0 Å². The number of aromatic amines is 1. The molecule has 72 valence electrons. The monoisotopic (exact) mass is 253 g/mol. The molecule has 0 saturated heterocycles. The molecule has 5 heteroatoms. The van der Waals surface area contributed by atoms with Crippen LogP contribution in [0.15, 0.2) is 29.1 Å². The number of hydrogen-bond acceptors (Lipinski definition) is 3. The first-order chi connectivity index (χ1) is 6.81. The third-order valence-corrected chi connectivity index (χ3v) is 2.21. The van der Waals surface area contributed by atoms with Gasteiger partial charge in [0.15, 0.2) is 0 Å². The third-order valence-electron chi connectivity index (χ3n) is 1.77. The maximum Gasteiger partial charge on any atom is 0.225 e. The summed E-state index contributed by atoms with van der Waals surface area (Å²) in [4.78, 5) is 11.3. The fourth-order valence-electron chi connectivity index (χ4n) is 1.17. The number of rotatable bonds is 2. The van der Waals surface area contributed by atoms with Crippen molar-refractivity contribution in [3.05, 3.63) is 29.1 Å². The highest BCUT2D eigenvalue weighted by Gasteiger charge is 2.09. The Labute approximate surface area is 89.5 Å². The highest BCUT2D eigenvalue weighted by atomic mass is 79.9. The molecule has 2 aromatic rings. The Bertz CT molecular complexity index is 428. The zero-order chi connectivity index (χ0) is 9.97. The van der Waals surface area contributed by atoms with Gasteiger partial charge in [0, 0.05) is 12.4 Å². The predicted octanol–water partition coefficient (Wildman–Crippen LogP) is 2.24. The van der Waals surface area contributed by atoms with E-state index in [2.05, 4.69) is 30.9 Å². The van der Waals surface area contributed by atoms with Gasteiger partial charge in [-0.05, 0) is 28.1 Å². The van der Waals surface area contributed by atoms with E-state index in [9.17, 15) is 0 Å². The van der Waals surface area contributed by atoms with E-state index in [4.69, 9.17) is 4.74 Å². The first-order valence-electron chi connectivity index (χ1n) is 4.01. The molecule has 0 amide bonds. The summed E-state index contributed by atoms with van der Waals surface area (Å²) in [6.45, 7) is 0. The van der Waals surface area contributed by atoms with E-state index in [-0.39, 0.29) is 0 Å². The van der Waals surface area contributed by atoms with Crippen LogP contribution in [0.3, 0.4) is 0 Å². The molecule has 0 radical (unpaired) electrons. The van der Waals surface area contributed by atoms with Crippen molar-refractivity contribution in [2.24, 2.45) is 0 Å². The molecule has 0 bridgehead atoms. The van der Waals surface area contributed by atoms with Crippen molar-refractivity contribution in [2.45, 2.75) is 0 Å². The molecule has 0 spiro atoms. The molecule has 0 unspecified atom stereocenters. The third kappa shape index (κ3) is 1.63. The van der Waals surface area contributed by atoms with Gasteiger partial charge in [-0.25, -0.2) is 9.97 Å². The van der Waals surface area contributed by atoms with Crippen molar-refractivity contribution in [1.82, 2.24) is 15.0 Å². The van der Waals surface area contributed by atoms with Crippen LogP contribution in [-0.4, -0.2) is 22.1 Å². The number of hydrogen-bond donors (Lipinski definition) is 1. The predicted molar refractivity (Wildman–Crippen MR) is 56.1 cm³/mol. The number of methoxy groups -OCH3 is 1. The maximum absolute atomic E-state index is 5.15. The van der Waals surface area contributed by atoms with Crippen LogP contribution in [-0.2, 0) is 0 Å². The molecule has 4 nitrogen and oxygen atoms in total. The second-order valence-electron chi connectivity index (χ2n) is 2.63. The number of pyridine rings is 1. The van der Waals surface area contributed by atoms with Crippen molar-refractivity contribution in [3.63, 3.8) is 0 Å². The maximum atomic E-state index is 5.15. The van der Waals surface area contributed by atoms with Gasteiger partial charge >= 0.3 is 0 Å². The largest absolute Gasteiger partial charge is 0.480 e. The first-order valence-corrected chi connectivity index (χ1v) is 4.81. The molecule has 1 N–H and O–H groups in total. The highest BCUT2D eigenvalue weighted by Crippen LogP contribution is 2.26. The van der Waals surface area contributed by atoms with Gasteiger partial charge in [0.1, 0.15) is 10.4 Å². The summed E-state index contributed by atoms with van der Waals surface area (Å²) in [5.41, 5.74) is 0.848. The van der Waals surface area contributed by atoms with Crippen molar-refractivity contribution in [2.75, 3.05) is 7.11 Å². The average Bonchev–Trinajstić information content (AvgIpc) is 2.70. The molecular weight excluding hydrogens is 246 g/mol. The van der Waals surface area contributed by atoms with Crippen LogP contribution in [0.5, 0.6) is 5.88 Å². The summed E-state index contributed by atoms with van der Waals surface area (Å²) in [7, 11) is 1.58. The van der Waals surface area contributed by atoms with Gasteiger partial charge in [-0.2, -0.15) is 0 Å². The van der Waals surface area contributed by atoms with Gasteiger partial charge in [0.05, 0.1) is 12.7 Å².